The third-order valence-electron chi connectivity index (χ3n) is 14.5. The molecule has 3 saturated carbocycles. The lowest BCUT2D eigenvalue weighted by Crippen LogP contribution is -2.69. The van der Waals surface area contributed by atoms with Crippen LogP contribution in [0.5, 0.6) is 0 Å². The van der Waals surface area contributed by atoms with Gasteiger partial charge >= 0.3 is 18.0 Å². The summed E-state index contributed by atoms with van der Waals surface area (Å²) in [4.78, 5) is 82.3. The van der Waals surface area contributed by atoms with E-state index in [1.54, 1.807) is 84.3 Å². The van der Waals surface area contributed by atoms with Gasteiger partial charge in [0, 0.05) is 46.8 Å². The first-order valence-corrected chi connectivity index (χ1v) is 22.3. The number of anilines is 1. The fraction of sp³-hybridized carbons (Fsp3) is 0.500. The summed E-state index contributed by atoms with van der Waals surface area (Å²) >= 11 is 0. The second-order valence-electron chi connectivity index (χ2n) is 19.8. The number of ether oxygens (including phenoxy) is 3. The van der Waals surface area contributed by atoms with Crippen molar-refractivity contribution in [2.24, 2.45) is 34.3 Å². The summed E-state index contributed by atoms with van der Waals surface area (Å²) in [5.41, 5.74) is 0.790. The summed E-state index contributed by atoms with van der Waals surface area (Å²) in [6.07, 6.45) is 5.59. The second-order valence-corrected chi connectivity index (χ2v) is 19.8. The Kier molecular flexibility index (Phi) is 13.2. The van der Waals surface area contributed by atoms with Gasteiger partial charge in [-0.1, -0.05) is 55.8 Å². The Morgan fingerprint density at radius 3 is 2.45 bits per heavy atom. The molecule has 2 aromatic carbocycles. The molecule has 1 heterocycles. The quantitative estimate of drug-likeness (QED) is 0.102. The van der Waals surface area contributed by atoms with Crippen molar-refractivity contribution in [3.8, 4) is 0 Å². The number of ketones is 2. The Labute approximate surface area is 382 Å². The highest BCUT2D eigenvalue weighted by atomic mass is 19.1. The topological polar surface area (TPSA) is 234 Å². The lowest BCUT2D eigenvalue weighted by atomic mass is 9.44. The van der Waals surface area contributed by atoms with E-state index >= 15 is 4.39 Å². The van der Waals surface area contributed by atoms with E-state index in [1.165, 1.54) is 18.2 Å². The van der Waals surface area contributed by atoms with Crippen LogP contribution >= 0.6 is 0 Å². The average Bonchev–Trinajstić information content (AvgIpc) is 3.46. The van der Waals surface area contributed by atoms with Gasteiger partial charge in [0.1, 0.15) is 23.9 Å². The number of esters is 2. The van der Waals surface area contributed by atoms with Crippen LogP contribution in [0.1, 0.15) is 90.7 Å². The lowest BCUT2D eigenvalue weighted by Gasteiger charge is -2.62. The van der Waals surface area contributed by atoms with Gasteiger partial charge < -0.3 is 40.8 Å². The molecule has 6 N–H and O–H groups in total. The lowest BCUT2D eigenvalue weighted by molar-refractivity contribution is -0.220. The number of pyridine rings is 1. The Morgan fingerprint density at radius 2 is 1.74 bits per heavy atom. The third-order valence-corrected chi connectivity index (χ3v) is 14.5. The number of nitrogens with one attached hydrogen (secondary N) is 2. The zero-order chi connectivity index (χ0) is 48.0. The van der Waals surface area contributed by atoms with E-state index in [1.807, 2.05) is 18.2 Å². The first-order valence-electron chi connectivity index (χ1n) is 22.3. The largest absolute Gasteiger partial charge is 0.460 e. The van der Waals surface area contributed by atoms with Gasteiger partial charge in [-0.15, -0.1) is 0 Å². The van der Waals surface area contributed by atoms with Crippen LogP contribution in [0.3, 0.4) is 0 Å². The van der Waals surface area contributed by atoms with Crippen molar-refractivity contribution in [3.05, 3.63) is 95.9 Å². The van der Waals surface area contributed by atoms with Crippen molar-refractivity contribution < 1.29 is 57.6 Å². The molecule has 15 nitrogen and oxygen atoms in total. The van der Waals surface area contributed by atoms with Crippen LogP contribution in [0.2, 0.25) is 0 Å². The number of aliphatic hydroxyl groups excluding tert-OH is 1. The molecule has 7 rings (SSSR count). The van der Waals surface area contributed by atoms with E-state index in [0.29, 0.717) is 41.6 Å². The van der Waals surface area contributed by atoms with E-state index in [0.717, 1.165) is 10.8 Å². The minimum Gasteiger partial charge on any atom is -0.460 e. The Hall–Kier alpha value is -5.84. The van der Waals surface area contributed by atoms with Crippen molar-refractivity contribution >= 4 is 52.0 Å². The fourth-order valence-electron chi connectivity index (χ4n) is 11.1. The number of fused-ring (bicyclic) bond motifs is 6. The highest BCUT2D eigenvalue weighted by Gasteiger charge is 2.75. The van der Waals surface area contributed by atoms with E-state index in [9.17, 15) is 39.0 Å². The van der Waals surface area contributed by atoms with Gasteiger partial charge in [0.25, 0.3) is 0 Å². The summed E-state index contributed by atoms with van der Waals surface area (Å²) in [5.74, 6) is -6.09. The minimum absolute atomic E-state index is 0.0915. The summed E-state index contributed by atoms with van der Waals surface area (Å²) < 4.78 is 33.5. The molecule has 0 saturated heterocycles. The van der Waals surface area contributed by atoms with Crippen molar-refractivity contribution in [2.75, 3.05) is 18.5 Å². The molecular formula is C50H59FN4O11. The van der Waals surface area contributed by atoms with Crippen LogP contribution in [-0.2, 0) is 44.8 Å². The molecule has 0 unspecified atom stereocenters. The van der Waals surface area contributed by atoms with Crippen molar-refractivity contribution in [2.45, 2.75) is 115 Å². The number of allylic oxidation sites excluding steroid dienone is 4. The third kappa shape index (κ3) is 8.90. The number of rotatable bonds is 13. The number of hydrogen-bond acceptors (Lipinski definition) is 13. The summed E-state index contributed by atoms with van der Waals surface area (Å²) in [5, 5.41) is 31.2. The first kappa shape index (κ1) is 48.1. The standard InChI is InChI=1S/C50H59FN4O11/c1-28-19-38-37-14-12-33-21-35(56)15-17-47(33,5)49(37,51)40(57)23-48(38,6)50(28,63)41(58)27-64-42(59)22-39(52)44(61)65-26-29-7-9-30(10-8-29)36(25-54-45(62)66-46(2,3)4)43(60)55-34-13-11-32-24-53-18-16-31(32)20-34/h7-11,13,15-18,20-21,24,28,36-40,57,63H,12,14,19,22-23,25-27,52H2,1-6H3,(H,54,62)(H,55,60)/t28-,36-,37+,38+,39+,40+,47+,48+,49+,50+/m1/s1. The summed E-state index contributed by atoms with van der Waals surface area (Å²) in [7, 11) is 0. The van der Waals surface area contributed by atoms with Crippen LogP contribution < -0.4 is 16.4 Å². The first-order chi connectivity index (χ1) is 31.0. The maximum absolute atomic E-state index is 17.5. The average molecular weight is 911 g/mol. The van der Waals surface area contributed by atoms with E-state index in [-0.39, 0.29) is 25.4 Å². The second kappa shape index (κ2) is 18.1. The maximum Gasteiger partial charge on any atom is 0.407 e. The Bertz CT molecular complexity index is 2490. The number of carbonyl (C=O) groups excluding carboxylic acids is 6. The summed E-state index contributed by atoms with van der Waals surface area (Å²) in [6.45, 7) is 9.08. The molecule has 4 aliphatic carbocycles. The van der Waals surface area contributed by atoms with Crippen LogP contribution in [0, 0.1) is 28.6 Å². The van der Waals surface area contributed by atoms with E-state index in [4.69, 9.17) is 19.9 Å². The van der Waals surface area contributed by atoms with Gasteiger partial charge in [0.2, 0.25) is 11.7 Å². The highest BCUT2D eigenvalue weighted by Crippen LogP contribution is 2.70. The number of nitrogens with zero attached hydrogens (tertiary/aromatic N) is 1. The van der Waals surface area contributed by atoms with Crippen molar-refractivity contribution in [1.29, 1.82) is 0 Å². The van der Waals surface area contributed by atoms with Crippen LogP contribution in [0.25, 0.3) is 10.8 Å². The number of nitrogens with two attached hydrogens (primary N) is 1. The maximum atomic E-state index is 17.5. The van der Waals surface area contributed by atoms with Crippen LogP contribution in [0.15, 0.2) is 84.7 Å². The zero-order valence-electron chi connectivity index (χ0n) is 38.1. The van der Waals surface area contributed by atoms with Crippen LogP contribution in [-0.4, -0.2) is 92.9 Å². The molecule has 3 aromatic rings. The monoisotopic (exact) mass is 910 g/mol. The minimum atomic E-state index is -2.14. The number of benzene rings is 2. The number of carbonyl (C=O) groups is 6. The SMILES string of the molecule is C[C@@H]1C[C@H]2[C@@H]3CCC4=CC(=O)C=C[C@]4(C)[C@@]3(F)[C@@H](O)C[C@]2(C)[C@@]1(O)C(=O)COC(=O)C[C@H](N)C(=O)OCc1ccc([C@@H](CNC(=O)OC(C)(C)C)C(=O)Nc2ccc3cnccc3c2)cc1. The summed E-state index contributed by atoms with van der Waals surface area (Å²) in [6, 6.07) is 12.4. The molecular weight excluding hydrogens is 852 g/mol. The van der Waals surface area contributed by atoms with Crippen molar-refractivity contribution in [3.63, 3.8) is 0 Å². The molecule has 66 heavy (non-hydrogen) atoms. The van der Waals surface area contributed by atoms with Gasteiger partial charge in [-0.3, -0.25) is 29.0 Å². The number of hydrogen-bond donors (Lipinski definition) is 5. The predicted octanol–water partition coefficient (Wildman–Crippen LogP) is 5.70. The highest BCUT2D eigenvalue weighted by molar-refractivity contribution is 6.01. The van der Waals surface area contributed by atoms with E-state index in [2.05, 4.69) is 15.6 Å². The number of aromatic nitrogens is 1. The molecule has 1 aromatic heterocycles. The molecule has 10 atom stereocenters. The fourth-order valence-corrected chi connectivity index (χ4v) is 11.1. The molecule has 16 heteroatoms. The molecule has 2 amide bonds. The number of Topliss-reactive ketones (excluding diaryl/α,β-unsaturated/α-hetero) is 1. The van der Waals surface area contributed by atoms with Gasteiger partial charge in [-0.25, -0.2) is 9.18 Å². The molecule has 0 aliphatic heterocycles. The van der Waals surface area contributed by atoms with E-state index < -0.39 is 106 Å². The number of amides is 2. The predicted molar refractivity (Wildman–Crippen MR) is 240 cm³/mol. The smallest absolute Gasteiger partial charge is 0.407 e. The molecule has 4 aliphatic rings. The molecule has 352 valence electrons. The van der Waals surface area contributed by atoms with Gasteiger partial charge in [-0.05, 0) is 112 Å². The number of halogens is 1. The number of alkyl carbamates (subject to hydrolysis) is 1. The molecule has 0 spiro atoms. The Balaban J connectivity index is 0.933. The van der Waals surface area contributed by atoms with Crippen molar-refractivity contribution in [1.82, 2.24) is 10.3 Å². The Morgan fingerprint density at radius 1 is 1.02 bits per heavy atom. The molecule has 0 bridgehead atoms. The number of alkyl halides is 1. The molecule has 0 radical (unpaired) electrons. The molecule has 3 fully saturated rings. The van der Waals surface area contributed by atoms with Crippen LogP contribution in [0.4, 0.5) is 14.9 Å². The van der Waals surface area contributed by atoms with Gasteiger partial charge in [0.05, 0.1) is 18.4 Å². The van der Waals surface area contributed by atoms with Gasteiger partial charge in [0.15, 0.2) is 18.1 Å². The van der Waals surface area contributed by atoms with Gasteiger partial charge in [-0.2, -0.15) is 0 Å². The normalized spacial score (nSPS) is 29.8. The number of aliphatic hydroxyl groups is 2. The zero-order valence-corrected chi connectivity index (χ0v) is 38.1.